The van der Waals surface area contributed by atoms with Crippen LogP contribution in [0, 0.1) is 11.8 Å². The molecule has 1 aliphatic rings. The Morgan fingerprint density at radius 3 is 2.65 bits per heavy atom. The summed E-state index contributed by atoms with van der Waals surface area (Å²) >= 11 is 9.65. The summed E-state index contributed by atoms with van der Waals surface area (Å²) in [4.78, 5) is 0. The number of nitrogens with one attached hydrogen (secondary N) is 1. The third-order valence-electron chi connectivity index (χ3n) is 3.89. The van der Waals surface area contributed by atoms with Gasteiger partial charge in [-0.2, -0.15) is 0 Å². The molecule has 3 atom stereocenters. The van der Waals surface area contributed by atoms with Crippen LogP contribution in [0.5, 0.6) is 0 Å². The maximum Gasteiger partial charge on any atom is 0.0648 e. The minimum absolute atomic E-state index is 0.569. The highest BCUT2D eigenvalue weighted by Gasteiger charge is 2.24. The van der Waals surface area contributed by atoms with Crippen LogP contribution in [0.4, 0.5) is 5.69 Å². The monoisotopic (exact) mass is 315 g/mol. The summed E-state index contributed by atoms with van der Waals surface area (Å²) in [5, 5.41) is 4.37. The molecular weight excluding hydrogens is 298 g/mol. The lowest BCUT2D eigenvalue weighted by molar-refractivity contribution is 0.261. The lowest BCUT2D eigenvalue weighted by Crippen LogP contribution is -2.30. The Balaban J connectivity index is 2.01. The zero-order valence-electron chi connectivity index (χ0n) is 10.3. The van der Waals surface area contributed by atoms with Gasteiger partial charge in [0.2, 0.25) is 0 Å². The van der Waals surface area contributed by atoms with Gasteiger partial charge in [-0.1, -0.05) is 41.4 Å². The highest BCUT2D eigenvalue weighted by molar-refractivity contribution is 9.10. The van der Waals surface area contributed by atoms with E-state index in [1.54, 1.807) is 0 Å². The number of anilines is 1. The van der Waals surface area contributed by atoms with Crippen molar-refractivity contribution in [2.45, 2.75) is 39.2 Å². The molecule has 1 aromatic rings. The van der Waals surface area contributed by atoms with Crippen molar-refractivity contribution in [3.05, 3.63) is 27.7 Å². The molecule has 0 saturated heterocycles. The Hall–Kier alpha value is -0.210. The number of hydrogen-bond donors (Lipinski definition) is 1. The van der Waals surface area contributed by atoms with Crippen molar-refractivity contribution in [2.75, 3.05) is 5.32 Å². The Morgan fingerprint density at radius 2 is 2.00 bits per heavy atom. The number of rotatable bonds is 2. The molecule has 2 rings (SSSR count). The van der Waals surface area contributed by atoms with Crippen molar-refractivity contribution in [1.82, 2.24) is 0 Å². The topological polar surface area (TPSA) is 12.0 Å². The summed E-state index contributed by atoms with van der Waals surface area (Å²) in [5.41, 5.74) is 1.06. The lowest BCUT2D eigenvalue weighted by atomic mass is 9.79. The molecule has 1 fully saturated rings. The number of halogens is 2. The molecule has 1 aromatic carbocycles. The second-order valence-corrected chi connectivity index (χ2v) is 6.56. The van der Waals surface area contributed by atoms with E-state index in [0.29, 0.717) is 6.04 Å². The van der Waals surface area contributed by atoms with Crippen molar-refractivity contribution in [2.24, 2.45) is 11.8 Å². The molecule has 1 nitrogen and oxygen atoms in total. The summed E-state index contributed by atoms with van der Waals surface area (Å²) in [7, 11) is 0. The van der Waals surface area contributed by atoms with Gasteiger partial charge < -0.3 is 5.32 Å². The van der Waals surface area contributed by atoms with Crippen LogP contribution >= 0.6 is 27.5 Å². The first-order valence-corrected chi connectivity index (χ1v) is 7.45. The van der Waals surface area contributed by atoms with E-state index < -0.39 is 0 Å². The van der Waals surface area contributed by atoms with E-state index in [4.69, 9.17) is 11.6 Å². The van der Waals surface area contributed by atoms with Crippen LogP contribution in [0.25, 0.3) is 0 Å². The summed E-state index contributed by atoms with van der Waals surface area (Å²) < 4.78 is 1.03. The summed E-state index contributed by atoms with van der Waals surface area (Å²) in [5.74, 6) is 1.66. The van der Waals surface area contributed by atoms with E-state index in [0.717, 1.165) is 27.0 Å². The molecule has 0 radical (unpaired) electrons. The van der Waals surface area contributed by atoms with Gasteiger partial charge in [0.15, 0.2) is 0 Å². The maximum atomic E-state index is 6.22. The Morgan fingerprint density at radius 1 is 1.24 bits per heavy atom. The molecule has 1 saturated carbocycles. The van der Waals surface area contributed by atoms with E-state index in [1.165, 1.54) is 19.3 Å². The fourth-order valence-electron chi connectivity index (χ4n) is 2.51. The van der Waals surface area contributed by atoms with Crippen molar-refractivity contribution in [1.29, 1.82) is 0 Å². The van der Waals surface area contributed by atoms with Crippen LogP contribution in [0.1, 0.15) is 33.1 Å². The van der Waals surface area contributed by atoms with Gasteiger partial charge in [-0.15, -0.1) is 0 Å². The molecule has 0 amide bonds. The summed E-state index contributed by atoms with van der Waals surface area (Å²) in [6.45, 7) is 4.70. The molecule has 1 aliphatic carbocycles. The predicted octanol–water partition coefficient (Wildman–Crippen LogP) is 5.34. The molecule has 94 valence electrons. The van der Waals surface area contributed by atoms with Crippen LogP contribution in [-0.2, 0) is 0 Å². The molecule has 3 unspecified atom stereocenters. The van der Waals surface area contributed by atoms with Crippen molar-refractivity contribution < 1.29 is 0 Å². The molecule has 0 bridgehead atoms. The van der Waals surface area contributed by atoms with Gasteiger partial charge in [0.25, 0.3) is 0 Å². The first-order chi connectivity index (χ1) is 8.06. The van der Waals surface area contributed by atoms with E-state index in [9.17, 15) is 0 Å². The molecule has 0 spiro atoms. The van der Waals surface area contributed by atoms with E-state index in [1.807, 2.05) is 12.1 Å². The van der Waals surface area contributed by atoms with Gasteiger partial charge in [-0.05, 0) is 49.3 Å². The van der Waals surface area contributed by atoms with Crippen LogP contribution in [0.3, 0.4) is 0 Å². The SMILES string of the molecule is CC1CCC(Nc2ccc(Br)cc2Cl)CC1C. The standard InChI is InChI=1S/C14H19BrClN/c1-9-3-5-12(7-10(9)2)17-14-6-4-11(15)8-13(14)16/h4,6,8-10,12,17H,3,5,7H2,1-2H3. The normalized spacial score (nSPS) is 29.1. The predicted molar refractivity (Wildman–Crippen MR) is 78.7 cm³/mol. The van der Waals surface area contributed by atoms with E-state index >= 15 is 0 Å². The van der Waals surface area contributed by atoms with Crippen LogP contribution < -0.4 is 5.32 Å². The minimum Gasteiger partial charge on any atom is -0.381 e. The second-order valence-electron chi connectivity index (χ2n) is 5.23. The van der Waals surface area contributed by atoms with Gasteiger partial charge in [0.1, 0.15) is 0 Å². The number of benzene rings is 1. The van der Waals surface area contributed by atoms with E-state index in [-0.39, 0.29) is 0 Å². The van der Waals surface area contributed by atoms with Crippen molar-refractivity contribution in [3.8, 4) is 0 Å². The fourth-order valence-corrected chi connectivity index (χ4v) is 3.23. The van der Waals surface area contributed by atoms with Gasteiger partial charge in [-0.3, -0.25) is 0 Å². The lowest BCUT2D eigenvalue weighted by Gasteiger charge is -2.33. The average molecular weight is 317 g/mol. The highest BCUT2D eigenvalue weighted by Crippen LogP contribution is 2.33. The Bertz CT molecular complexity index is 394. The third-order valence-corrected chi connectivity index (χ3v) is 4.69. The van der Waals surface area contributed by atoms with Crippen molar-refractivity contribution in [3.63, 3.8) is 0 Å². The zero-order valence-corrected chi connectivity index (χ0v) is 12.7. The molecular formula is C14H19BrClN. The largest absolute Gasteiger partial charge is 0.381 e. The molecule has 1 N–H and O–H groups in total. The number of hydrogen-bond acceptors (Lipinski definition) is 1. The van der Waals surface area contributed by atoms with Gasteiger partial charge in [0.05, 0.1) is 10.7 Å². The molecule has 3 heteroatoms. The fraction of sp³-hybridized carbons (Fsp3) is 0.571. The van der Waals surface area contributed by atoms with Gasteiger partial charge >= 0.3 is 0 Å². The van der Waals surface area contributed by atoms with E-state index in [2.05, 4.69) is 41.2 Å². The first-order valence-electron chi connectivity index (χ1n) is 6.28. The molecule has 0 aliphatic heterocycles. The van der Waals surface area contributed by atoms with Crippen LogP contribution in [0.15, 0.2) is 22.7 Å². The smallest absolute Gasteiger partial charge is 0.0648 e. The van der Waals surface area contributed by atoms with Gasteiger partial charge in [0, 0.05) is 10.5 Å². The maximum absolute atomic E-state index is 6.22. The second kappa shape index (κ2) is 5.62. The molecule has 0 aromatic heterocycles. The Labute approximate surface area is 117 Å². The third kappa shape index (κ3) is 3.38. The summed E-state index contributed by atoms with van der Waals surface area (Å²) in [6, 6.07) is 6.59. The quantitative estimate of drug-likeness (QED) is 0.776. The van der Waals surface area contributed by atoms with Crippen LogP contribution in [-0.4, -0.2) is 6.04 Å². The highest BCUT2D eigenvalue weighted by atomic mass is 79.9. The van der Waals surface area contributed by atoms with Gasteiger partial charge in [-0.25, -0.2) is 0 Å². The molecule has 0 heterocycles. The molecule has 17 heavy (non-hydrogen) atoms. The van der Waals surface area contributed by atoms with Crippen molar-refractivity contribution >= 4 is 33.2 Å². The summed E-state index contributed by atoms with van der Waals surface area (Å²) in [6.07, 6.45) is 3.80. The van der Waals surface area contributed by atoms with Crippen LogP contribution in [0.2, 0.25) is 5.02 Å². The first kappa shape index (κ1) is 13.2. The zero-order chi connectivity index (χ0) is 12.4. The minimum atomic E-state index is 0.569. The average Bonchev–Trinajstić information content (AvgIpc) is 2.27. The Kier molecular flexibility index (Phi) is 4.37.